The maximum atomic E-state index is 14.1. The monoisotopic (exact) mass is 604 g/mol. The van der Waals surface area contributed by atoms with Crippen LogP contribution < -0.4 is 16.3 Å². The van der Waals surface area contributed by atoms with Gasteiger partial charge in [0, 0.05) is 27.4 Å². The van der Waals surface area contributed by atoms with E-state index in [9.17, 15) is 49.5 Å². The van der Waals surface area contributed by atoms with Crippen molar-refractivity contribution in [3.05, 3.63) is 97.4 Å². The molecule has 7 nitrogen and oxygen atoms in total. The Labute approximate surface area is 227 Å². The molecule has 1 aliphatic rings. The topological polar surface area (TPSA) is 96.0 Å². The van der Waals surface area contributed by atoms with Crippen molar-refractivity contribution in [1.29, 1.82) is 0 Å². The zero-order chi connectivity index (χ0) is 30.0. The number of halogens is 9. The fraction of sp³-hybridized carbons (Fsp3) is 0.160. The van der Waals surface area contributed by atoms with Gasteiger partial charge in [0.1, 0.15) is 18.2 Å². The average Bonchev–Trinajstić information content (AvgIpc) is 3.35. The van der Waals surface area contributed by atoms with E-state index in [-0.39, 0.29) is 32.3 Å². The molecule has 5 rings (SSSR count). The standard InChI is InChI=1S/C25H13ClF8N4O3/c26-14-2-1-11(27)6-13(14)19-17-15(35-21(39)9-3-10(25(32,33)34)5-12(28)4-9)7-16-20(18(17)22(40)36-19)37-23(41)38(16)8-24(29,30)31/h1-7,19H,8H2,(H,35,39)(H,36,40)(H,37,41)/t19-/m1/s1. The quantitative estimate of drug-likeness (QED) is 0.252. The molecule has 0 aliphatic carbocycles. The highest BCUT2D eigenvalue weighted by Gasteiger charge is 2.39. The number of carbonyl (C=O) groups is 2. The summed E-state index contributed by atoms with van der Waals surface area (Å²) in [6, 6.07) is 3.65. The van der Waals surface area contributed by atoms with Crippen LogP contribution in [0.25, 0.3) is 11.0 Å². The van der Waals surface area contributed by atoms with Crippen LogP contribution in [0.1, 0.15) is 43.4 Å². The van der Waals surface area contributed by atoms with E-state index in [2.05, 4.69) is 15.6 Å². The summed E-state index contributed by atoms with van der Waals surface area (Å²) in [7, 11) is 0. The van der Waals surface area contributed by atoms with Gasteiger partial charge in [-0.2, -0.15) is 26.3 Å². The van der Waals surface area contributed by atoms with Crippen molar-refractivity contribution >= 4 is 40.1 Å². The number of nitrogens with zero attached hydrogens (tertiary/aromatic N) is 1. The molecule has 1 aromatic heterocycles. The van der Waals surface area contributed by atoms with Gasteiger partial charge in [0.2, 0.25) is 0 Å². The van der Waals surface area contributed by atoms with Crippen LogP contribution in [0.3, 0.4) is 0 Å². The number of imidazole rings is 1. The number of H-pyrrole nitrogens is 1. The Bertz CT molecular complexity index is 1810. The second kappa shape index (κ2) is 9.61. The van der Waals surface area contributed by atoms with Crippen LogP contribution >= 0.6 is 11.6 Å². The van der Waals surface area contributed by atoms with Crippen LogP contribution in [0.5, 0.6) is 0 Å². The second-order valence-corrected chi connectivity index (χ2v) is 9.40. The van der Waals surface area contributed by atoms with E-state index >= 15 is 0 Å². The van der Waals surface area contributed by atoms with Gasteiger partial charge in [-0.1, -0.05) is 11.6 Å². The number of hydrogen-bond donors (Lipinski definition) is 3. The Hall–Kier alpha value is -4.40. The molecule has 1 atom stereocenters. The lowest BCUT2D eigenvalue weighted by Gasteiger charge is -2.19. The fourth-order valence-electron chi connectivity index (χ4n) is 4.61. The number of carbonyl (C=O) groups excluding carboxylic acids is 2. The van der Waals surface area contributed by atoms with Gasteiger partial charge in [-0.25, -0.2) is 13.6 Å². The summed E-state index contributed by atoms with van der Waals surface area (Å²) in [6.07, 6.45) is -9.91. The van der Waals surface area contributed by atoms with Crippen molar-refractivity contribution in [3.8, 4) is 0 Å². The molecule has 41 heavy (non-hydrogen) atoms. The summed E-state index contributed by atoms with van der Waals surface area (Å²) in [5.74, 6) is -4.48. The predicted octanol–water partition coefficient (Wildman–Crippen LogP) is 5.93. The van der Waals surface area contributed by atoms with E-state index in [0.29, 0.717) is 12.1 Å². The highest BCUT2D eigenvalue weighted by Crippen LogP contribution is 2.42. The number of anilines is 1. The third kappa shape index (κ3) is 5.24. The molecule has 3 aromatic carbocycles. The van der Waals surface area contributed by atoms with E-state index in [1.54, 1.807) is 0 Å². The van der Waals surface area contributed by atoms with E-state index in [1.165, 1.54) is 0 Å². The Morgan fingerprint density at radius 3 is 2.34 bits per heavy atom. The van der Waals surface area contributed by atoms with Gasteiger partial charge in [0.25, 0.3) is 11.8 Å². The van der Waals surface area contributed by atoms with E-state index in [1.807, 2.05) is 0 Å². The van der Waals surface area contributed by atoms with Crippen LogP contribution in [0, 0.1) is 11.6 Å². The van der Waals surface area contributed by atoms with Gasteiger partial charge in [-0.05, 0) is 42.5 Å². The molecule has 1 aliphatic heterocycles. The average molecular weight is 605 g/mol. The molecule has 0 saturated heterocycles. The highest BCUT2D eigenvalue weighted by molar-refractivity contribution is 6.31. The largest absolute Gasteiger partial charge is 0.416 e. The van der Waals surface area contributed by atoms with Crippen molar-refractivity contribution in [2.45, 2.75) is 24.9 Å². The minimum Gasteiger partial charge on any atom is -0.341 e. The van der Waals surface area contributed by atoms with Gasteiger partial charge in [-0.15, -0.1) is 0 Å². The molecule has 4 aromatic rings. The first-order chi connectivity index (χ1) is 19.0. The minimum absolute atomic E-state index is 0.0456. The van der Waals surface area contributed by atoms with Gasteiger partial charge in [0.15, 0.2) is 0 Å². The first kappa shape index (κ1) is 28.1. The number of hydrogen-bond acceptors (Lipinski definition) is 3. The van der Waals surface area contributed by atoms with Gasteiger partial charge in [0.05, 0.1) is 28.2 Å². The van der Waals surface area contributed by atoms with E-state index in [4.69, 9.17) is 11.6 Å². The number of aromatic amines is 1. The molecule has 2 heterocycles. The smallest absolute Gasteiger partial charge is 0.341 e. The highest BCUT2D eigenvalue weighted by atomic mass is 35.5. The Morgan fingerprint density at radius 2 is 1.68 bits per heavy atom. The number of fused-ring (bicyclic) bond motifs is 3. The molecular formula is C25H13ClF8N4O3. The molecule has 0 unspecified atom stereocenters. The molecule has 0 radical (unpaired) electrons. The first-order valence-electron chi connectivity index (χ1n) is 11.3. The van der Waals surface area contributed by atoms with Gasteiger partial charge >= 0.3 is 18.0 Å². The van der Waals surface area contributed by atoms with Crippen LogP contribution in [0.2, 0.25) is 5.02 Å². The van der Waals surface area contributed by atoms with Crippen molar-refractivity contribution in [3.63, 3.8) is 0 Å². The molecular weight excluding hydrogens is 592 g/mol. The number of rotatable bonds is 4. The summed E-state index contributed by atoms with van der Waals surface area (Å²) in [5, 5.41) is 4.59. The molecule has 0 saturated carbocycles. The SMILES string of the molecule is O=C(Nc1cc2c([nH]c(=O)n2CC(F)(F)F)c2c1[C@@H](c1cc(F)ccc1Cl)NC2=O)c1cc(F)cc(C(F)(F)F)c1. The molecule has 0 bridgehead atoms. The van der Waals surface area contributed by atoms with Gasteiger partial charge in [-0.3, -0.25) is 14.2 Å². The second-order valence-electron chi connectivity index (χ2n) is 8.99. The minimum atomic E-state index is -5.02. The molecule has 0 spiro atoms. The van der Waals surface area contributed by atoms with Crippen LogP contribution in [-0.4, -0.2) is 27.5 Å². The summed E-state index contributed by atoms with van der Waals surface area (Å²) in [6.45, 7) is -1.79. The summed E-state index contributed by atoms with van der Waals surface area (Å²) in [5.41, 5.74) is -5.48. The van der Waals surface area contributed by atoms with Crippen LogP contribution in [0.4, 0.5) is 40.8 Å². The molecule has 214 valence electrons. The van der Waals surface area contributed by atoms with Crippen LogP contribution in [-0.2, 0) is 12.7 Å². The summed E-state index contributed by atoms with van der Waals surface area (Å²) in [4.78, 5) is 40.8. The lowest BCUT2D eigenvalue weighted by Crippen LogP contribution is -2.26. The lowest BCUT2D eigenvalue weighted by atomic mass is 9.95. The van der Waals surface area contributed by atoms with Crippen molar-refractivity contribution < 1.29 is 44.7 Å². The Kier molecular flexibility index (Phi) is 6.59. The maximum absolute atomic E-state index is 14.1. The number of alkyl halides is 6. The van der Waals surface area contributed by atoms with Crippen molar-refractivity contribution in [2.24, 2.45) is 0 Å². The van der Waals surface area contributed by atoms with Crippen molar-refractivity contribution in [2.75, 3.05) is 5.32 Å². The van der Waals surface area contributed by atoms with Crippen LogP contribution in [0.15, 0.2) is 47.3 Å². The molecule has 0 fully saturated rings. The normalized spacial score (nSPS) is 15.2. The maximum Gasteiger partial charge on any atom is 0.416 e. The number of aromatic nitrogens is 2. The third-order valence-electron chi connectivity index (χ3n) is 6.25. The molecule has 2 amide bonds. The summed E-state index contributed by atoms with van der Waals surface area (Å²) >= 11 is 6.20. The number of nitrogens with one attached hydrogen (secondary N) is 3. The third-order valence-corrected chi connectivity index (χ3v) is 6.59. The van der Waals surface area contributed by atoms with E-state index < -0.39 is 82.0 Å². The first-order valence-corrected chi connectivity index (χ1v) is 11.7. The summed E-state index contributed by atoms with van der Waals surface area (Å²) < 4.78 is 108. The van der Waals surface area contributed by atoms with E-state index in [0.717, 1.165) is 24.3 Å². The van der Waals surface area contributed by atoms with Gasteiger partial charge < -0.3 is 15.6 Å². The zero-order valence-electron chi connectivity index (χ0n) is 19.9. The Morgan fingerprint density at radius 1 is 0.976 bits per heavy atom. The van der Waals surface area contributed by atoms with Crippen molar-refractivity contribution in [1.82, 2.24) is 14.9 Å². The predicted molar refractivity (Wildman–Crippen MR) is 129 cm³/mol. The Balaban J connectivity index is 1.74. The number of benzene rings is 3. The number of amides is 2. The lowest BCUT2D eigenvalue weighted by molar-refractivity contribution is -0.140. The molecule has 3 N–H and O–H groups in total. The fourth-order valence-corrected chi connectivity index (χ4v) is 4.83. The molecule has 16 heteroatoms. The zero-order valence-corrected chi connectivity index (χ0v) is 20.7.